The lowest BCUT2D eigenvalue weighted by molar-refractivity contribution is 1.15. The lowest BCUT2D eigenvalue weighted by atomic mass is 10.0. The maximum atomic E-state index is 5.78. The molecular formula is C10H11N. The first-order valence-electron chi connectivity index (χ1n) is 3.89. The highest BCUT2D eigenvalue weighted by molar-refractivity contribution is 5.48. The quantitative estimate of drug-likeness (QED) is 0.600. The van der Waals surface area contributed by atoms with Crippen molar-refractivity contribution >= 4 is 0 Å². The zero-order valence-electron chi connectivity index (χ0n) is 6.38. The Balaban J connectivity index is 2.25. The van der Waals surface area contributed by atoms with Crippen LogP contribution in [-0.2, 0) is 0 Å². The van der Waals surface area contributed by atoms with Gasteiger partial charge in [-0.1, -0.05) is 24.3 Å². The predicted octanol–water partition coefficient (Wildman–Crippen LogP) is 2.05. The molecule has 0 aromatic carbocycles. The van der Waals surface area contributed by atoms with Crippen molar-refractivity contribution in [3.63, 3.8) is 0 Å². The zero-order valence-corrected chi connectivity index (χ0v) is 6.38. The van der Waals surface area contributed by atoms with Crippen molar-refractivity contribution in [2.24, 2.45) is 5.73 Å². The first kappa shape index (κ1) is 6.47. The molecule has 0 amide bonds. The van der Waals surface area contributed by atoms with Gasteiger partial charge in [0, 0.05) is 5.70 Å². The highest BCUT2D eigenvalue weighted by Gasteiger charge is 2.11. The van der Waals surface area contributed by atoms with Crippen LogP contribution < -0.4 is 5.73 Å². The maximum Gasteiger partial charge on any atom is 0.0349 e. The Morgan fingerprint density at radius 3 is 2.64 bits per heavy atom. The maximum absolute atomic E-state index is 5.78. The van der Waals surface area contributed by atoms with Crippen LogP contribution >= 0.6 is 0 Å². The van der Waals surface area contributed by atoms with Crippen LogP contribution in [0.1, 0.15) is 12.8 Å². The van der Waals surface area contributed by atoms with Crippen LogP contribution in [0.25, 0.3) is 0 Å². The fourth-order valence-corrected chi connectivity index (χ4v) is 1.51. The molecule has 0 aromatic rings. The van der Waals surface area contributed by atoms with Gasteiger partial charge in [0.15, 0.2) is 0 Å². The summed E-state index contributed by atoms with van der Waals surface area (Å²) in [7, 11) is 0. The van der Waals surface area contributed by atoms with E-state index < -0.39 is 0 Å². The summed E-state index contributed by atoms with van der Waals surface area (Å²) in [5.74, 6) is 0. The molecule has 1 heteroatoms. The molecule has 0 aliphatic heterocycles. The summed E-state index contributed by atoms with van der Waals surface area (Å²) in [6.07, 6.45) is 12.6. The van der Waals surface area contributed by atoms with Crippen LogP contribution in [0.2, 0.25) is 0 Å². The second-order valence-electron chi connectivity index (χ2n) is 2.86. The molecule has 0 unspecified atom stereocenters. The van der Waals surface area contributed by atoms with Gasteiger partial charge in [0.1, 0.15) is 0 Å². The van der Waals surface area contributed by atoms with E-state index in [9.17, 15) is 0 Å². The minimum atomic E-state index is 0.944. The number of rotatable bonds is 1. The molecule has 0 saturated carbocycles. The smallest absolute Gasteiger partial charge is 0.0349 e. The van der Waals surface area contributed by atoms with Gasteiger partial charge in [0.25, 0.3) is 0 Å². The number of allylic oxidation sites excluding steroid dienone is 7. The molecule has 0 saturated heterocycles. The predicted molar refractivity (Wildman–Crippen MR) is 46.8 cm³/mol. The summed E-state index contributed by atoms with van der Waals surface area (Å²) in [5, 5.41) is 0. The highest BCUT2D eigenvalue weighted by atomic mass is 14.6. The van der Waals surface area contributed by atoms with Gasteiger partial charge in [-0.05, 0) is 30.1 Å². The largest absolute Gasteiger partial charge is 0.398 e. The van der Waals surface area contributed by atoms with Crippen LogP contribution in [0.15, 0.2) is 47.2 Å². The van der Waals surface area contributed by atoms with E-state index >= 15 is 0 Å². The lowest BCUT2D eigenvalue weighted by Crippen LogP contribution is -1.96. The standard InChI is InChI=1S/C10H11N/c11-10-7-3-6-9(10)8-4-1-2-5-8/h1-4,7H,5-6,11H2. The average Bonchev–Trinajstić information content (AvgIpc) is 2.55. The minimum Gasteiger partial charge on any atom is -0.398 e. The third-order valence-corrected chi connectivity index (χ3v) is 2.13. The topological polar surface area (TPSA) is 26.0 Å². The Morgan fingerprint density at radius 1 is 1.18 bits per heavy atom. The Bertz CT molecular complexity index is 290. The molecule has 2 aliphatic carbocycles. The first-order valence-corrected chi connectivity index (χ1v) is 3.89. The Labute approximate surface area is 66.6 Å². The van der Waals surface area contributed by atoms with E-state index in [-0.39, 0.29) is 0 Å². The SMILES string of the molecule is NC1=C(C2=CC=CC2)CC=C1. The molecule has 0 spiro atoms. The monoisotopic (exact) mass is 145 g/mol. The van der Waals surface area contributed by atoms with E-state index in [4.69, 9.17) is 5.73 Å². The minimum absolute atomic E-state index is 0.944. The van der Waals surface area contributed by atoms with Crippen molar-refractivity contribution in [2.75, 3.05) is 0 Å². The number of hydrogen-bond donors (Lipinski definition) is 1. The van der Waals surface area contributed by atoms with E-state index in [0.29, 0.717) is 0 Å². The summed E-state index contributed by atoms with van der Waals surface area (Å²) in [6, 6.07) is 0. The molecule has 1 nitrogen and oxygen atoms in total. The molecule has 11 heavy (non-hydrogen) atoms. The van der Waals surface area contributed by atoms with E-state index in [2.05, 4.69) is 24.3 Å². The van der Waals surface area contributed by atoms with Crippen LogP contribution in [0.4, 0.5) is 0 Å². The summed E-state index contributed by atoms with van der Waals surface area (Å²) < 4.78 is 0. The summed E-state index contributed by atoms with van der Waals surface area (Å²) in [6.45, 7) is 0. The molecule has 0 aromatic heterocycles. The van der Waals surface area contributed by atoms with Crippen LogP contribution in [0, 0.1) is 0 Å². The third kappa shape index (κ3) is 1.03. The number of hydrogen-bond acceptors (Lipinski definition) is 1. The molecule has 56 valence electrons. The van der Waals surface area contributed by atoms with Gasteiger partial charge in [-0.25, -0.2) is 0 Å². The highest BCUT2D eigenvalue weighted by Crippen LogP contribution is 2.27. The number of nitrogens with two attached hydrogens (primary N) is 1. The van der Waals surface area contributed by atoms with E-state index in [1.165, 1.54) is 11.1 Å². The normalized spacial score (nSPS) is 21.6. The molecular weight excluding hydrogens is 134 g/mol. The summed E-state index contributed by atoms with van der Waals surface area (Å²) in [4.78, 5) is 0. The third-order valence-electron chi connectivity index (χ3n) is 2.13. The molecule has 0 heterocycles. The van der Waals surface area contributed by atoms with Crippen molar-refractivity contribution in [1.29, 1.82) is 0 Å². The Morgan fingerprint density at radius 2 is 2.09 bits per heavy atom. The molecule has 0 fully saturated rings. The van der Waals surface area contributed by atoms with Gasteiger partial charge in [0.2, 0.25) is 0 Å². The van der Waals surface area contributed by atoms with Crippen LogP contribution in [0.5, 0.6) is 0 Å². The molecule has 2 N–H and O–H groups in total. The molecule has 0 bridgehead atoms. The molecule has 2 aliphatic rings. The van der Waals surface area contributed by atoms with E-state index in [1.807, 2.05) is 6.08 Å². The van der Waals surface area contributed by atoms with Gasteiger partial charge < -0.3 is 5.73 Å². The van der Waals surface area contributed by atoms with Crippen LogP contribution in [0.3, 0.4) is 0 Å². The fourth-order valence-electron chi connectivity index (χ4n) is 1.51. The second-order valence-corrected chi connectivity index (χ2v) is 2.86. The van der Waals surface area contributed by atoms with Crippen molar-refractivity contribution in [3.8, 4) is 0 Å². The molecule has 0 atom stereocenters. The first-order chi connectivity index (χ1) is 5.38. The molecule has 2 rings (SSSR count). The Hall–Kier alpha value is -1.24. The second kappa shape index (κ2) is 2.42. The van der Waals surface area contributed by atoms with Gasteiger partial charge >= 0.3 is 0 Å². The van der Waals surface area contributed by atoms with Gasteiger partial charge in [-0.15, -0.1) is 0 Å². The fraction of sp³-hybridized carbons (Fsp3) is 0.200. The zero-order chi connectivity index (χ0) is 7.68. The summed E-state index contributed by atoms with van der Waals surface area (Å²) >= 11 is 0. The van der Waals surface area contributed by atoms with E-state index in [0.717, 1.165) is 18.5 Å². The lowest BCUT2D eigenvalue weighted by Gasteiger charge is -2.03. The van der Waals surface area contributed by atoms with E-state index in [1.54, 1.807) is 0 Å². The van der Waals surface area contributed by atoms with Crippen molar-refractivity contribution < 1.29 is 0 Å². The van der Waals surface area contributed by atoms with Gasteiger partial charge in [-0.2, -0.15) is 0 Å². The van der Waals surface area contributed by atoms with Gasteiger partial charge in [-0.3, -0.25) is 0 Å². The van der Waals surface area contributed by atoms with Crippen molar-refractivity contribution in [1.82, 2.24) is 0 Å². The Kier molecular flexibility index (Phi) is 1.42. The summed E-state index contributed by atoms with van der Waals surface area (Å²) in [5.41, 5.74) is 9.42. The van der Waals surface area contributed by atoms with Gasteiger partial charge in [0.05, 0.1) is 0 Å². The van der Waals surface area contributed by atoms with Crippen LogP contribution in [-0.4, -0.2) is 0 Å². The van der Waals surface area contributed by atoms with Crippen molar-refractivity contribution in [2.45, 2.75) is 12.8 Å². The molecule has 0 radical (unpaired) electrons. The van der Waals surface area contributed by atoms with Crippen molar-refractivity contribution in [3.05, 3.63) is 47.2 Å². The average molecular weight is 145 g/mol.